The number of pyridine rings is 1. The van der Waals surface area contributed by atoms with Crippen molar-refractivity contribution in [2.24, 2.45) is 0 Å². The molecular weight excluding hydrogens is 374 g/mol. The molecule has 0 atom stereocenters. The van der Waals surface area contributed by atoms with E-state index in [4.69, 9.17) is 21.3 Å². The molecule has 0 saturated heterocycles. The van der Waals surface area contributed by atoms with E-state index < -0.39 is 0 Å². The van der Waals surface area contributed by atoms with E-state index in [1.54, 1.807) is 13.2 Å². The molecule has 0 aliphatic carbocycles. The number of amides is 1. The summed E-state index contributed by atoms with van der Waals surface area (Å²) in [6.45, 7) is 3.24. The van der Waals surface area contributed by atoms with E-state index >= 15 is 0 Å². The van der Waals surface area contributed by atoms with Crippen LogP contribution in [0.25, 0.3) is 22.2 Å². The Balaban J connectivity index is 2.16. The number of likely N-dealkylation sites (N-methyl/N-ethyl adjacent to an activating group) is 1. The average molecular weight is 398 g/mol. The number of rotatable bonds is 6. The van der Waals surface area contributed by atoms with Crippen LogP contribution < -0.4 is 10.1 Å². The van der Waals surface area contributed by atoms with E-state index in [2.05, 4.69) is 5.32 Å². The number of nitrogens with one attached hydrogen (secondary N) is 1. The molecule has 0 aliphatic heterocycles. The summed E-state index contributed by atoms with van der Waals surface area (Å²) in [7, 11) is 5.56. The molecule has 3 aromatic rings. The van der Waals surface area contributed by atoms with Crippen LogP contribution in [0.5, 0.6) is 5.75 Å². The Morgan fingerprint density at radius 2 is 1.96 bits per heavy atom. The SMILES string of the molecule is COc1ccccc1-c1cc(C(=O)NCCN(C)C)c2ccc(Cl)c(C)c2n1. The lowest BCUT2D eigenvalue weighted by Crippen LogP contribution is -2.31. The molecule has 0 fully saturated rings. The van der Waals surface area contributed by atoms with Crippen LogP contribution in [0.4, 0.5) is 0 Å². The van der Waals surface area contributed by atoms with Gasteiger partial charge in [0.25, 0.3) is 5.91 Å². The molecule has 5 nitrogen and oxygen atoms in total. The maximum atomic E-state index is 13.0. The third kappa shape index (κ3) is 4.11. The highest BCUT2D eigenvalue weighted by atomic mass is 35.5. The number of benzene rings is 2. The number of hydrogen-bond donors (Lipinski definition) is 1. The summed E-state index contributed by atoms with van der Waals surface area (Å²) in [5, 5.41) is 4.39. The Bertz CT molecular complexity index is 1020. The van der Waals surface area contributed by atoms with Gasteiger partial charge in [-0.2, -0.15) is 0 Å². The van der Waals surface area contributed by atoms with E-state index in [1.807, 2.05) is 62.3 Å². The molecule has 1 aromatic heterocycles. The number of carbonyl (C=O) groups excluding carboxylic acids is 1. The van der Waals surface area contributed by atoms with E-state index in [-0.39, 0.29) is 5.91 Å². The Kier molecular flexibility index (Phi) is 6.17. The van der Waals surface area contributed by atoms with Gasteiger partial charge in [0.05, 0.1) is 23.9 Å². The lowest BCUT2D eigenvalue weighted by molar-refractivity contribution is 0.0952. The van der Waals surface area contributed by atoms with Crippen molar-refractivity contribution in [1.82, 2.24) is 15.2 Å². The van der Waals surface area contributed by atoms with Gasteiger partial charge in [-0.1, -0.05) is 29.8 Å². The average Bonchev–Trinajstić information content (AvgIpc) is 2.69. The molecule has 146 valence electrons. The Morgan fingerprint density at radius 1 is 1.21 bits per heavy atom. The normalized spacial score (nSPS) is 11.1. The van der Waals surface area contributed by atoms with Crippen molar-refractivity contribution in [3.63, 3.8) is 0 Å². The van der Waals surface area contributed by atoms with Crippen LogP contribution in [0.15, 0.2) is 42.5 Å². The molecule has 0 spiro atoms. The first kappa shape index (κ1) is 20.1. The van der Waals surface area contributed by atoms with Crippen molar-refractivity contribution >= 4 is 28.4 Å². The second-order valence-corrected chi connectivity index (χ2v) is 7.29. The van der Waals surface area contributed by atoms with Crippen LogP contribution in [0, 0.1) is 6.92 Å². The van der Waals surface area contributed by atoms with Crippen LogP contribution >= 0.6 is 11.6 Å². The minimum absolute atomic E-state index is 0.132. The van der Waals surface area contributed by atoms with Crippen molar-refractivity contribution in [1.29, 1.82) is 0 Å². The Labute approximate surface area is 170 Å². The monoisotopic (exact) mass is 397 g/mol. The number of hydrogen-bond acceptors (Lipinski definition) is 4. The quantitative estimate of drug-likeness (QED) is 0.678. The van der Waals surface area contributed by atoms with Gasteiger partial charge in [0.1, 0.15) is 5.75 Å². The molecule has 6 heteroatoms. The number of nitrogens with zero attached hydrogens (tertiary/aromatic N) is 2. The van der Waals surface area contributed by atoms with Gasteiger partial charge in [0.2, 0.25) is 0 Å². The maximum Gasteiger partial charge on any atom is 0.252 e. The summed E-state index contributed by atoms with van der Waals surface area (Å²) in [6.07, 6.45) is 0. The number of methoxy groups -OCH3 is 1. The van der Waals surface area contributed by atoms with E-state index in [0.717, 1.165) is 23.1 Å². The highest BCUT2D eigenvalue weighted by Crippen LogP contribution is 2.33. The summed E-state index contributed by atoms with van der Waals surface area (Å²) < 4.78 is 5.49. The highest BCUT2D eigenvalue weighted by Gasteiger charge is 2.17. The fraction of sp³-hybridized carbons (Fsp3) is 0.273. The number of para-hydroxylation sites is 1. The third-order valence-electron chi connectivity index (χ3n) is 4.64. The van der Waals surface area contributed by atoms with Gasteiger partial charge in [0.15, 0.2) is 0 Å². The molecule has 2 aromatic carbocycles. The minimum atomic E-state index is -0.132. The number of fused-ring (bicyclic) bond motifs is 1. The third-order valence-corrected chi connectivity index (χ3v) is 5.05. The second kappa shape index (κ2) is 8.59. The summed E-state index contributed by atoms with van der Waals surface area (Å²) in [6, 6.07) is 13.1. The van der Waals surface area contributed by atoms with E-state index in [9.17, 15) is 4.79 Å². The summed E-state index contributed by atoms with van der Waals surface area (Å²) >= 11 is 6.32. The van der Waals surface area contributed by atoms with Crippen LogP contribution in [0.2, 0.25) is 5.02 Å². The Hall–Kier alpha value is -2.63. The van der Waals surface area contributed by atoms with Gasteiger partial charge in [-0.05, 0) is 50.8 Å². The van der Waals surface area contributed by atoms with Gasteiger partial charge < -0.3 is 15.0 Å². The molecule has 0 aliphatic rings. The molecule has 0 radical (unpaired) electrons. The van der Waals surface area contributed by atoms with E-state index in [1.165, 1.54) is 0 Å². The molecule has 0 unspecified atom stereocenters. The Morgan fingerprint density at radius 3 is 2.68 bits per heavy atom. The first-order valence-corrected chi connectivity index (χ1v) is 9.46. The zero-order valence-electron chi connectivity index (χ0n) is 16.5. The minimum Gasteiger partial charge on any atom is -0.496 e. The molecular formula is C22H24ClN3O2. The first-order chi connectivity index (χ1) is 13.4. The predicted octanol–water partition coefficient (Wildman–Crippen LogP) is 4.16. The van der Waals surface area contributed by atoms with E-state index in [0.29, 0.717) is 34.1 Å². The predicted molar refractivity (Wildman–Crippen MR) is 114 cm³/mol. The molecule has 3 rings (SSSR count). The molecule has 0 bridgehead atoms. The van der Waals surface area contributed by atoms with Gasteiger partial charge in [0, 0.05) is 29.1 Å². The number of aryl methyl sites for hydroxylation is 1. The van der Waals surface area contributed by atoms with Gasteiger partial charge in [-0.15, -0.1) is 0 Å². The zero-order valence-corrected chi connectivity index (χ0v) is 17.3. The molecule has 28 heavy (non-hydrogen) atoms. The fourth-order valence-electron chi connectivity index (χ4n) is 3.07. The lowest BCUT2D eigenvalue weighted by atomic mass is 10.0. The summed E-state index contributed by atoms with van der Waals surface area (Å²) in [5.41, 5.74) is 3.64. The number of aromatic nitrogens is 1. The number of carbonyl (C=O) groups is 1. The molecule has 0 saturated carbocycles. The summed E-state index contributed by atoms with van der Waals surface area (Å²) in [4.78, 5) is 19.8. The number of ether oxygens (including phenoxy) is 1. The smallest absolute Gasteiger partial charge is 0.252 e. The molecule has 1 N–H and O–H groups in total. The van der Waals surface area contributed by atoms with Crippen LogP contribution in [0.3, 0.4) is 0 Å². The standard InChI is InChI=1S/C22H24ClN3O2/c1-14-18(23)10-9-15-17(22(27)24-11-12-26(2)3)13-19(25-21(14)15)16-7-5-6-8-20(16)28-4/h5-10,13H,11-12H2,1-4H3,(H,24,27). The van der Waals surface area contributed by atoms with Crippen molar-refractivity contribution in [2.75, 3.05) is 34.3 Å². The molecule has 1 heterocycles. The highest BCUT2D eigenvalue weighted by molar-refractivity contribution is 6.32. The fourth-order valence-corrected chi connectivity index (χ4v) is 3.23. The van der Waals surface area contributed by atoms with Gasteiger partial charge in [-0.25, -0.2) is 4.98 Å². The van der Waals surface area contributed by atoms with Crippen molar-refractivity contribution in [3.8, 4) is 17.0 Å². The largest absolute Gasteiger partial charge is 0.496 e. The topological polar surface area (TPSA) is 54.5 Å². The van der Waals surface area contributed by atoms with Gasteiger partial charge >= 0.3 is 0 Å². The van der Waals surface area contributed by atoms with Crippen molar-refractivity contribution < 1.29 is 9.53 Å². The summed E-state index contributed by atoms with van der Waals surface area (Å²) in [5.74, 6) is 0.570. The van der Waals surface area contributed by atoms with Crippen LogP contribution in [0.1, 0.15) is 15.9 Å². The lowest BCUT2D eigenvalue weighted by Gasteiger charge is -2.15. The van der Waals surface area contributed by atoms with Crippen molar-refractivity contribution in [3.05, 3.63) is 58.6 Å². The second-order valence-electron chi connectivity index (χ2n) is 6.88. The first-order valence-electron chi connectivity index (χ1n) is 9.08. The van der Waals surface area contributed by atoms with Crippen molar-refractivity contribution in [2.45, 2.75) is 6.92 Å². The maximum absolute atomic E-state index is 13.0. The van der Waals surface area contributed by atoms with Crippen LogP contribution in [-0.4, -0.2) is 50.1 Å². The van der Waals surface area contributed by atoms with Gasteiger partial charge in [-0.3, -0.25) is 4.79 Å². The van der Waals surface area contributed by atoms with Crippen LogP contribution in [-0.2, 0) is 0 Å². The molecule has 1 amide bonds. The number of halogens is 1. The zero-order chi connectivity index (χ0) is 20.3.